The molecule has 6 nitrogen and oxygen atoms in total. The summed E-state index contributed by atoms with van der Waals surface area (Å²) in [4.78, 5) is 18.9. The van der Waals surface area contributed by atoms with Gasteiger partial charge in [0.1, 0.15) is 5.82 Å². The minimum absolute atomic E-state index is 0.0280. The zero-order chi connectivity index (χ0) is 18.6. The van der Waals surface area contributed by atoms with E-state index in [0.29, 0.717) is 30.2 Å². The number of ether oxygens (including phenoxy) is 1. The highest BCUT2D eigenvalue weighted by Gasteiger charge is 2.29. The summed E-state index contributed by atoms with van der Waals surface area (Å²) in [6.07, 6.45) is 5.52. The van der Waals surface area contributed by atoms with Crippen LogP contribution in [0.15, 0.2) is 28.8 Å². The molecule has 4 rings (SSSR count). The predicted octanol–water partition coefficient (Wildman–Crippen LogP) is 3.54. The number of benzene rings is 1. The number of hydrogen-bond donors (Lipinski definition) is 0. The molecule has 1 aromatic carbocycles. The van der Waals surface area contributed by atoms with Gasteiger partial charge in [0, 0.05) is 31.7 Å². The Bertz CT molecular complexity index is 788. The molecule has 1 aromatic heterocycles. The van der Waals surface area contributed by atoms with Crippen molar-refractivity contribution in [1.82, 2.24) is 15.0 Å². The molecule has 0 radical (unpaired) electrons. The minimum Gasteiger partial charge on any atom is -0.378 e. The van der Waals surface area contributed by atoms with Gasteiger partial charge < -0.3 is 14.2 Å². The van der Waals surface area contributed by atoms with Crippen LogP contribution in [0.25, 0.3) is 11.4 Å². The van der Waals surface area contributed by atoms with Crippen LogP contribution in [0.1, 0.15) is 50.3 Å². The second-order valence-electron chi connectivity index (χ2n) is 7.32. The first-order valence-electron chi connectivity index (χ1n) is 9.68. The quantitative estimate of drug-likeness (QED) is 0.802. The molecule has 144 valence electrons. The fourth-order valence-corrected chi connectivity index (χ4v) is 3.87. The lowest BCUT2D eigenvalue weighted by Crippen LogP contribution is -2.39. The summed E-state index contributed by atoms with van der Waals surface area (Å²) in [7, 11) is 0. The number of piperidine rings is 1. The summed E-state index contributed by atoms with van der Waals surface area (Å²) < 4.78 is 24.4. The highest BCUT2D eigenvalue weighted by Crippen LogP contribution is 2.28. The summed E-state index contributed by atoms with van der Waals surface area (Å²) in [5.74, 6) is 0.761. The Morgan fingerprint density at radius 2 is 2.22 bits per heavy atom. The van der Waals surface area contributed by atoms with Gasteiger partial charge in [-0.05, 0) is 44.2 Å². The molecule has 2 aliphatic rings. The third-order valence-corrected chi connectivity index (χ3v) is 5.35. The van der Waals surface area contributed by atoms with Crippen molar-refractivity contribution >= 4 is 5.91 Å². The first-order valence-corrected chi connectivity index (χ1v) is 9.68. The monoisotopic (exact) mass is 373 g/mol. The van der Waals surface area contributed by atoms with Gasteiger partial charge in [-0.1, -0.05) is 17.3 Å². The Balaban J connectivity index is 1.37. The molecule has 27 heavy (non-hydrogen) atoms. The Labute approximate surface area is 157 Å². The van der Waals surface area contributed by atoms with Gasteiger partial charge in [0.25, 0.3) is 0 Å². The van der Waals surface area contributed by atoms with Crippen molar-refractivity contribution in [2.24, 2.45) is 0 Å². The fourth-order valence-electron chi connectivity index (χ4n) is 3.87. The first kappa shape index (κ1) is 18.1. The molecule has 2 unspecified atom stereocenters. The lowest BCUT2D eigenvalue weighted by molar-refractivity contribution is -0.133. The van der Waals surface area contributed by atoms with Gasteiger partial charge in [0.15, 0.2) is 0 Å². The molecule has 2 atom stereocenters. The number of carbonyl (C=O) groups is 1. The average molecular weight is 373 g/mol. The molecular weight excluding hydrogens is 349 g/mol. The molecule has 2 fully saturated rings. The standard InChI is InChI=1S/C20H24FN3O3/c21-16-6-1-4-14(12-16)19-22-20(27-23-19)15-5-2-10-24(13-15)18(25)9-8-17-7-3-11-26-17/h1,4,6,12,15,17H,2-3,5,7-11,13H2. The normalized spacial score (nSPS) is 22.9. The number of rotatable bonds is 5. The van der Waals surface area contributed by atoms with Crippen LogP contribution in [-0.4, -0.2) is 46.7 Å². The minimum atomic E-state index is -0.334. The van der Waals surface area contributed by atoms with Gasteiger partial charge in [-0.3, -0.25) is 4.79 Å². The van der Waals surface area contributed by atoms with E-state index in [1.807, 2.05) is 4.90 Å². The molecule has 1 amide bonds. The lowest BCUT2D eigenvalue weighted by atomic mass is 9.97. The fraction of sp³-hybridized carbons (Fsp3) is 0.550. The zero-order valence-electron chi connectivity index (χ0n) is 15.3. The van der Waals surface area contributed by atoms with E-state index in [0.717, 1.165) is 45.3 Å². The highest BCUT2D eigenvalue weighted by atomic mass is 19.1. The van der Waals surface area contributed by atoms with Crippen LogP contribution in [0.4, 0.5) is 4.39 Å². The maximum absolute atomic E-state index is 13.4. The third kappa shape index (κ3) is 4.35. The summed E-state index contributed by atoms with van der Waals surface area (Å²) in [6, 6.07) is 6.14. The second-order valence-corrected chi connectivity index (χ2v) is 7.32. The van der Waals surface area contributed by atoms with E-state index in [9.17, 15) is 9.18 Å². The number of nitrogens with zero attached hydrogens (tertiary/aromatic N) is 3. The van der Waals surface area contributed by atoms with Gasteiger partial charge >= 0.3 is 0 Å². The summed E-state index contributed by atoms with van der Waals surface area (Å²) in [5.41, 5.74) is 0.588. The second kappa shape index (κ2) is 8.17. The topological polar surface area (TPSA) is 68.5 Å². The van der Waals surface area contributed by atoms with E-state index in [1.54, 1.807) is 12.1 Å². The van der Waals surface area contributed by atoms with Crippen LogP contribution in [0.3, 0.4) is 0 Å². The largest absolute Gasteiger partial charge is 0.378 e. The van der Waals surface area contributed by atoms with Crippen LogP contribution < -0.4 is 0 Å². The molecule has 0 saturated carbocycles. The summed E-state index contributed by atoms with van der Waals surface area (Å²) >= 11 is 0. The number of hydrogen-bond acceptors (Lipinski definition) is 5. The van der Waals surface area contributed by atoms with Crippen molar-refractivity contribution in [3.05, 3.63) is 36.0 Å². The van der Waals surface area contributed by atoms with Crippen molar-refractivity contribution in [2.75, 3.05) is 19.7 Å². The van der Waals surface area contributed by atoms with E-state index in [-0.39, 0.29) is 23.7 Å². The number of aromatic nitrogens is 2. The molecule has 3 heterocycles. The van der Waals surface area contributed by atoms with E-state index in [4.69, 9.17) is 9.26 Å². The van der Waals surface area contributed by atoms with E-state index >= 15 is 0 Å². The Hall–Kier alpha value is -2.28. The SMILES string of the molecule is O=C(CCC1CCCO1)N1CCCC(c2nc(-c3cccc(F)c3)no2)C1. The van der Waals surface area contributed by atoms with Crippen LogP contribution in [0.5, 0.6) is 0 Å². The highest BCUT2D eigenvalue weighted by molar-refractivity contribution is 5.76. The molecular formula is C20H24FN3O3. The average Bonchev–Trinajstić information content (AvgIpc) is 3.38. The van der Waals surface area contributed by atoms with Crippen molar-refractivity contribution in [1.29, 1.82) is 0 Å². The van der Waals surface area contributed by atoms with Crippen LogP contribution in [0, 0.1) is 5.82 Å². The van der Waals surface area contributed by atoms with Gasteiger partial charge in [-0.15, -0.1) is 0 Å². The van der Waals surface area contributed by atoms with Crippen LogP contribution >= 0.6 is 0 Å². The Kier molecular flexibility index (Phi) is 5.48. The van der Waals surface area contributed by atoms with E-state index < -0.39 is 0 Å². The van der Waals surface area contributed by atoms with E-state index in [1.165, 1.54) is 12.1 Å². The smallest absolute Gasteiger partial charge is 0.231 e. The van der Waals surface area contributed by atoms with Crippen molar-refractivity contribution in [2.45, 2.75) is 50.5 Å². The zero-order valence-corrected chi connectivity index (χ0v) is 15.3. The Morgan fingerprint density at radius 3 is 3.04 bits per heavy atom. The maximum atomic E-state index is 13.4. The third-order valence-electron chi connectivity index (χ3n) is 5.35. The summed E-state index contributed by atoms with van der Waals surface area (Å²) in [5, 5.41) is 3.99. The molecule has 0 bridgehead atoms. The molecule has 7 heteroatoms. The molecule has 2 aromatic rings. The maximum Gasteiger partial charge on any atom is 0.231 e. The predicted molar refractivity (Wildman–Crippen MR) is 96.5 cm³/mol. The van der Waals surface area contributed by atoms with Crippen LogP contribution in [-0.2, 0) is 9.53 Å². The number of amides is 1. The lowest BCUT2D eigenvalue weighted by Gasteiger charge is -2.31. The molecule has 0 N–H and O–H groups in total. The summed E-state index contributed by atoms with van der Waals surface area (Å²) in [6.45, 7) is 2.18. The van der Waals surface area contributed by atoms with Gasteiger partial charge in [-0.25, -0.2) is 4.39 Å². The molecule has 2 aliphatic heterocycles. The molecule has 0 spiro atoms. The van der Waals surface area contributed by atoms with Gasteiger partial charge in [-0.2, -0.15) is 4.98 Å². The van der Waals surface area contributed by atoms with Gasteiger partial charge in [0.2, 0.25) is 17.6 Å². The van der Waals surface area contributed by atoms with Crippen LogP contribution in [0.2, 0.25) is 0 Å². The number of halogens is 1. The first-order chi connectivity index (χ1) is 13.2. The molecule has 2 saturated heterocycles. The van der Waals surface area contributed by atoms with Crippen molar-refractivity contribution in [3.63, 3.8) is 0 Å². The van der Waals surface area contributed by atoms with Crippen molar-refractivity contribution in [3.8, 4) is 11.4 Å². The van der Waals surface area contributed by atoms with Gasteiger partial charge in [0.05, 0.1) is 12.0 Å². The van der Waals surface area contributed by atoms with E-state index in [2.05, 4.69) is 10.1 Å². The Morgan fingerprint density at radius 1 is 1.30 bits per heavy atom. The number of carbonyl (C=O) groups excluding carboxylic acids is 1. The van der Waals surface area contributed by atoms with Crippen molar-refractivity contribution < 1.29 is 18.4 Å². The molecule has 0 aliphatic carbocycles. The number of likely N-dealkylation sites (tertiary alicyclic amines) is 1.